The highest BCUT2D eigenvalue weighted by molar-refractivity contribution is 5.46. The van der Waals surface area contributed by atoms with Crippen molar-refractivity contribution in [2.45, 2.75) is 37.4 Å². The molecular formula is C15H22O4. The van der Waals surface area contributed by atoms with E-state index in [0.29, 0.717) is 23.5 Å². The Kier molecular flexibility index (Phi) is 4.32. The summed E-state index contributed by atoms with van der Waals surface area (Å²) in [5.41, 5.74) is 0.515. The summed E-state index contributed by atoms with van der Waals surface area (Å²) in [4.78, 5) is 0. The third-order valence-corrected chi connectivity index (χ3v) is 4.06. The van der Waals surface area contributed by atoms with Crippen LogP contribution in [0, 0.1) is 0 Å². The van der Waals surface area contributed by atoms with Crippen molar-refractivity contribution in [3.63, 3.8) is 0 Å². The van der Waals surface area contributed by atoms with Crippen molar-refractivity contribution in [2.24, 2.45) is 0 Å². The average molecular weight is 266 g/mol. The SMILES string of the molecule is COc1cccc(OC)c1C(O)CC1(OC)CCC1. The second-order valence-electron chi connectivity index (χ2n) is 5.04. The third-order valence-electron chi connectivity index (χ3n) is 4.06. The van der Waals surface area contributed by atoms with Gasteiger partial charge in [-0.3, -0.25) is 0 Å². The topological polar surface area (TPSA) is 47.9 Å². The molecule has 0 amide bonds. The molecule has 1 N–H and O–H groups in total. The van der Waals surface area contributed by atoms with E-state index in [0.717, 1.165) is 19.3 Å². The second kappa shape index (κ2) is 5.80. The van der Waals surface area contributed by atoms with Crippen molar-refractivity contribution in [1.82, 2.24) is 0 Å². The van der Waals surface area contributed by atoms with Crippen LogP contribution in [0.3, 0.4) is 0 Å². The van der Waals surface area contributed by atoms with Crippen molar-refractivity contribution in [1.29, 1.82) is 0 Å². The third kappa shape index (κ3) is 2.69. The van der Waals surface area contributed by atoms with E-state index in [1.165, 1.54) is 0 Å². The average Bonchev–Trinajstić information content (AvgIpc) is 2.41. The first-order valence-corrected chi connectivity index (χ1v) is 6.60. The molecule has 0 saturated heterocycles. The predicted molar refractivity (Wildman–Crippen MR) is 72.7 cm³/mol. The van der Waals surface area contributed by atoms with Gasteiger partial charge >= 0.3 is 0 Å². The summed E-state index contributed by atoms with van der Waals surface area (Å²) in [6.45, 7) is 0. The van der Waals surface area contributed by atoms with Gasteiger partial charge in [0.15, 0.2) is 0 Å². The summed E-state index contributed by atoms with van der Waals surface area (Å²) in [5.74, 6) is 1.30. The molecule has 0 bridgehead atoms. The lowest BCUT2D eigenvalue weighted by atomic mass is 9.75. The fraction of sp³-hybridized carbons (Fsp3) is 0.600. The molecule has 0 radical (unpaired) electrons. The number of hydrogen-bond acceptors (Lipinski definition) is 4. The number of hydrogen-bond donors (Lipinski definition) is 1. The minimum Gasteiger partial charge on any atom is -0.496 e. The van der Waals surface area contributed by atoms with E-state index in [1.54, 1.807) is 21.3 Å². The van der Waals surface area contributed by atoms with Gasteiger partial charge in [0.1, 0.15) is 11.5 Å². The van der Waals surface area contributed by atoms with Crippen LogP contribution in [0.25, 0.3) is 0 Å². The highest BCUT2D eigenvalue weighted by Crippen LogP contribution is 2.45. The van der Waals surface area contributed by atoms with Crippen LogP contribution in [0.5, 0.6) is 11.5 Å². The quantitative estimate of drug-likeness (QED) is 0.860. The molecule has 4 heteroatoms. The molecule has 0 spiro atoms. The Bertz CT molecular complexity index is 398. The van der Waals surface area contributed by atoms with Crippen molar-refractivity contribution in [3.8, 4) is 11.5 Å². The fourth-order valence-corrected chi connectivity index (χ4v) is 2.73. The van der Waals surface area contributed by atoms with E-state index >= 15 is 0 Å². The highest BCUT2D eigenvalue weighted by Gasteiger charge is 2.40. The smallest absolute Gasteiger partial charge is 0.128 e. The summed E-state index contributed by atoms with van der Waals surface area (Å²) >= 11 is 0. The number of aliphatic hydroxyl groups is 1. The predicted octanol–water partition coefficient (Wildman–Crippen LogP) is 2.70. The van der Waals surface area contributed by atoms with Gasteiger partial charge in [0.05, 0.1) is 31.5 Å². The largest absolute Gasteiger partial charge is 0.496 e. The zero-order chi connectivity index (χ0) is 13.9. The second-order valence-corrected chi connectivity index (χ2v) is 5.04. The monoisotopic (exact) mass is 266 g/mol. The minimum atomic E-state index is -0.647. The zero-order valence-electron chi connectivity index (χ0n) is 11.8. The van der Waals surface area contributed by atoms with Gasteiger partial charge in [-0.2, -0.15) is 0 Å². The molecule has 19 heavy (non-hydrogen) atoms. The van der Waals surface area contributed by atoms with Gasteiger partial charge in [-0.05, 0) is 31.4 Å². The van der Waals surface area contributed by atoms with Crippen LogP contribution in [0.1, 0.15) is 37.4 Å². The molecule has 1 aliphatic rings. The van der Waals surface area contributed by atoms with E-state index in [1.807, 2.05) is 18.2 Å². The molecule has 0 aromatic heterocycles. The number of benzene rings is 1. The Labute approximate surface area is 114 Å². The van der Waals surface area contributed by atoms with Gasteiger partial charge in [-0.1, -0.05) is 6.07 Å². The van der Waals surface area contributed by atoms with Crippen LogP contribution < -0.4 is 9.47 Å². The summed E-state index contributed by atoms with van der Waals surface area (Å²) < 4.78 is 16.2. The Hall–Kier alpha value is -1.26. The van der Waals surface area contributed by atoms with Crippen LogP contribution in [0.15, 0.2) is 18.2 Å². The van der Waals surface area contributed by atoms with Crippen LogP contribution in [-0.2, 0) is 4.74 Å². The number of aliphatic hydroxyl groups excluding tert-OH is 1. The lowest BCUT2D eigenvalue weighted by Gasteiger charge is -2.42. The van der Waals surface area contributed by atoms with Gasteiger partial charge in [0, 0.05) is 13.5 Å². The van der Waals surface area contributed by atoms with Gasteiger partial charge < -0.3 is 19.3 Å². The number of rotatable bonds is 6. The number of methoxy groups -OCH3 is 3. The van der Waals surface area contributed by atoms with E-state index < -0.39 is 6.10 Å². The van der Waals surface area contributed by atoms with Crippen molar-refractivity contribution < 1.29 is 19.3 Å². The van der Waals surface area contributed by atoms with E-state index in [-0.39, 0.29) is 5.60 Å². The molecular weight excluding hydrogens is 244 g/mol. The standard InChI is InChI=1S/C15H22O4/c1-17-12-6-4-7-13(18-2)14(12)11(16)10-15(19-3)8-5-9-15/h4,6-7,11,16H,5,8-10H2,1-3H3. The molecule has 1 aliphatic carbocycles. The Morgan fingerprint density at radius 2 is 1.74 bits per heavy atom. The van der Waals surface area contributed by atoms with Crippen LogP contribution in [0.2, 0.25) is 0 Å². The number of ether oxygens (including phenoxy) is 3. The molecule has 2 rings (SSSR count). The first-order valence-electron chi connectivity index (χ1n) is 6.60. The maximum absolute atomic E-state index is 10.5. The minimum absolute atomic E-state index is 0.189. The Morgan fingerprint density at radius 3 is 2.11 bits per heavy atom. The van der Waals surface area contributed by atoms with Crippen molar-refractivity contribution in [2.75, 3.05) is 21.3 Å². The van der Waals surface area contributed by atoms with Crippen LogP contribution in [-0.4, -0.2) is 32.0 Å². The van der Waals surface area contributed by atoms with Gasteiger partial charge in [-0.15, -0.1) is 0 Å². The molecule has 1 unspecified atom stereocenters. The van der Waals surface area contributed by atoms with Gasteiger partial charge in [0.25, 0.3) is 0 Å². The first kappa shape index (κ1) is 14.2. The first-order chi connectivity index (χ1) is 9.15. The molecule has 0 heterocycles. The highest BCUT2D eigenvalue weighted by atomic mass is 16.5. The summed E-state index contributed by atoms with van der Waals surface area (Å²) in [6.07, 6.45) is 3.08. The summed E-state index contributed by atoms with van der Waals surface area (Å²) in [6, 6.07) is 5.52. The molecule has 0 aliphatic heterocycles. The summed E-state index contributed by atoms with van der Waals surface area (Å²) in [5, 5.41) is 10.5. The Morgan fingerprint density at radius 1 is 1.16 bits per heavy atom. The van der Waals surface area contributed by atoms with Crippen LogP contribution >= 0.6 is 0 Å². The van der Waals surface area contributed by atoms with Gasteiger partial charge in [-0.25, -0.2) is 0 Å². The van der Waals surface area contributed by atoms with E-state index in [4.69, 9.17) is 14.2 Å². The van der Waals surface area contributed by atoms with Crippen molar-refractivity contribution >= 4 is 0 Å². The lowest BCUT2D eigenvalue weighted by Crippen LogP contribution is -2.40. The molecule has 1 aromatic carbocycles. The molecule has 1 aromatic rings. The van der Waals surface area contributed by atoms with E-state index in [2.05, 4.69) is 0 Å². The molecule has 1 atom stereocenters. The fourth-order valence-electron chi connectivity index (χ4n) is 2.73. The zero-order valence-corrected chi connectivity index (χ0v) is 11.8. The van der Waals surface area contributed by atoms with Crippen molar-refractivity contribution in [3.05, 3.63) is 23.8 Å². The normalized spacial score (nSPS) is 18.5. The molecule has 1 fully saturated rings. The molecule has 4 nitrogen and oxygen atoms in total. The maximum atomic E-state index is 10.5. The lowest BCUT2D eigenvalue weighted by molar-refractivity contribution is -0.100. The Balaban J connectivity index is 2.24. The van der Waals surface area contributed by atoms with Crippen LogP contribution in [0.4, 0.5) is 0 Å². The molecule has 1 saturated carbocycles. The maximum Gasteiger partial charge on any atom is 0.128 e. The van der Waals surface area contributed by atoms with E-state index in [9.17, 15) is 5.11 Å². The van der Waals surface area contributed by atoms with Gasteiger partial charge in [0.2, 0.25) is 0 Å². The molecule has 106 valence electrons. The summed E-state index contributed by atoms with van der Waals surface area (Å²) in [7, 11) is 4.91.